The Labute approximate surface area is 121 Å². The first-order valence-corrected chi connectivity index (χ1v) is 7.56. The molecule has 1 aromatic rings. The molecule has 0 radical (unpaired) electrons. The van der Waals surface area contributed by atoms with Gasteiger partial charge in [0.05, 0.1) is 6.54 Å². The number of aryl methyl sites for hydroxylation is 1. The topological polar surface area (TPSA) is 58.4 Å². The predicted molar refractivity (Wildman–Crippen MR) is 83.9 cm³/mol. The number of nitrogen functional groups attached to an aromatic ring is 1. The normalized spacial score (nSPS) is 14.2. The van der Waals surface area contributed by atoms with E-state index in [0.717, 1.165) is 43.6 Å². The molecule has 3 N–H and O–H groups in total. The van der Waals surface area contributed by atoms with Crippen molar-refractivity contribution >= 4 is 17.3 Å². The summed E-state index contributed by atoms with van der Waals surface area (Å²) in [5.41, 5.74) is 9.04. The smallest absolute Gasteiger partial charge is 0.239 e. The number of hydrogen-bond donors (Lipinski definition) is 2. The van der Waals surface area contributed by atoms with E-state index in [0.29, 0.717) is 6.54 Å². The highest BCUT2D eigenvalue weighted by atomic mass is 16.2. The van der Waals surface area contributed by atoms with E-state index in [2.05, 4.69) is 24.1 Å². The Morgan fingerprint density at radius 1 is 1.40 bits per heavy atom. The van der Waals surface area contributed by atoms with Crippen LogP contribution in [-0.4, -0.2) is 25.0 Å². The molecule has 4 nitrogen and oxygen atoms in total. The highest BCUT2D eigenvalue weighted by Gasteiger charge is 2.19. The summed E-state index contributed by atoms with van der Waals surface area (Å²) in [6, 6.07) is 6.27. The Kier molecular flexibility index (Phi) is 4.88. The number of hydrogen-bond acceptors (Lipinski definition) is 3. The molecule has 0 bridgehead atoms. The van der Waals surface area contributed by atoms with Gasteiger partial charge in [0.25, 0.3) is 0 Å². The molecule has 0 atom stereocenters. The van der Waals surface area contributed by atoms with Gasteiger partial charge in [0, 0.05) is 24.0 Å². The van der Waals surface area contributed by atoms with Gasteiger partial charge in [-0.1, -0.05) is 13.8 Å². The molecule has 1 amide bonds. The maximum absolute atomic E-state index is 12.1. The van der Waals surface area contributed by atoms with E-state index in [1.807, 2.05) is 18.2 Å². The number of nitrogens with two attached hydrogens (primary N) is 1. The predicted octanol–water partition coefficient (Wildman–Crippen LogP) is 2.33. The fraction of sp³-hybridized carbons (Fsp3) is 0.562. The van der Waals surface area contributed by atoms with Crippen LogP contribution in [0.2, 0.25) is 0 Å². The molecule has 1 aliphatic rings. The van der Waals surface area contributed by atoms with E-state index in [-0.39, 0.29) is 11.9 Å². The van der Waals surface area contributed by atoms with Crippen LogP contribution in [0.1, 0.15) is 38.7 Å². The second-order valence-corrected chi connectivity index (χ2v) is 5.49. The van der Waals surface area contributed by atoms with Crippen molar-refractivity contribution in [2.75, 3.05) is 23.7 Å². The van der Waals surface area contributed by atoms with Crippen molar-refractivity contribution in [1.82, 2.24) is 5.32 Å². The third-order valence-electron chi connectivity index (χ3n) is 4.00. The average molecular weight is 275 g/mol. The Morgan fingerprint density at radius 2 is 2.15 bits per heavy atom. The minimum atomic E-state index is 0.114. The molecular formula is C16H25N3O. The molecule has 0 fully saturated rings. The Morgan fingerprint density at radius 3 is 2.85 bits per heavy atom. The summed E-state index contributed by atoms with van der Waals surface area (Å²) in [4.78, 5) is 14.3. The fourth-order valence-electron chi connectivity index (χ4n) is 2.80. The van der Waals surface area contributed by atoms with Gasteiger partial charge in [-0.25, -0.2) is 0 Å². The number of rotatable bonds is 5. The quantitative estimate of drug-likeness (QED) is 0.811. The van der Waals surface area contributed by atoms with Crippen LogP contribution in [0.25, 0.3) is 0 Å². The molecule has 1 aromatic carbocycles. The van der Waals surface area contributed by atoms with Gasteiger partial charge in [-0.3, -0.25) is 4.79 Å². The van der Waals surface area contributed by atoms with Crippen molar-refractivity contribution in [1.29, 1.82) is 0 Å². The van der Waals surface area contributed by atoms with E-state index in [1.54, 1.807) is 0 Å². The Hall–Kier alpha value is -1.71. The molecule has 0 spiro atoms. The summed E-state index contributed by atoms with van der Waals surface area (Å²) in [5, 5.41) is 3.10. The van der Waals surface area contributed by atoms with Crippen LogP contribution < -0.4 is 16.0 Å². The molecule has 0 unspecified atom stereocenters. The minimum Gasteiger partial charge on any atom is -0.399 e. The van der Waals surface area contributed by atoms with Crippen molar-refractivity contribution in [3.63, 3.8) is 0 Å². The lowest BCUT2D eigenvalue weighted by molar-refractivity contribution is -0.120. The van der Waals surface area contributed by atoms with Crippen LogP contribution in [-0.2, 0) is 11.2 Å². The zero-order valence-corrected chi connectivity index (χ0v) is 12.5. The van der Waals surface area contributed by atoms with Gasteiger partial charge in [-0.15, -0.1) is 0 Å². The maximum atomic E-state index is 12.1. The number of anilines is 2. The van der Waals surface area contributed by atoms with Gasteiger partial charge in [-0.05, 0) is 49.4 Å². The average Bonchev–Trinajstić information content (AvgIpc) is 2.44. The number of benzene rings is 1. The first kappa shape index (κ1) is 14.7. The van der Waals surface area contributed by atoms with E-state index < -0.39 is 0 Å². The largest absolute Gasteiger partial charge is 0.399 e. The maximum Gasteiger partial charge on any atom is 0.239 e. The van der Waals surface area contributed by atoms with Gasteiger partial charge in [0.2, 0.25) is 5.91 Å². The van der Waals surface area contributed by atoms with Crippen molar-refractivity contribution in [3.05, 3.63) is 23.8 Å². The van der Waals surface area contributed by atoms with Crippen molar-refractivity contribution in [3.8, 4) is 0 Å². The lowest BCUT2D eigenvalue weighted by atomic mass is 10.0. The third-order valence-corrected chi connectivity index (χ3v) is 4.00. The number of fused-ring (bicyclic) bond motifs is 1. The molecule has 20 heavy (non-hydrogen) atoms. The third kappa shape index (κ3) is 3.44. The van der Waals surface area contributed by atoms with Gasteiger partial charge in [-0.2, -0.15) is 0 Å². The first-order valence-electron chi connectivity index (χ1n) is 7.56. The zero-order valence-electron chi connectivity index (χ0n) is 12.5. The zero-order chi connectivity index (χ0) is 14.5. The monoisotopic (exact) mass is 275 g/mol. The first-order chi connectivity index (χ1) is 9.63. The fourth-order valence-corrected chi connectivity index (χ4v) is 2.80. The van der Waals surface area contributed by atoms with E-state index in [4.69, 9.17) is 5.73 Å². The molecule has 4 heteroatoms. The number of carbonyl (C=O) groups excluding carboxylic acids is 1. The number of amides is 1. The Balaban J connectivity index is 2.03. The summed E-state index contributed by atoms with van der Waals surface area (Å²) < 4.78 is 0. The molecule has 1 aliphatic heterocycles. The molecule has 2 rings (SSSR count). The van der Waals surface area contributed by atoms with Crippen LogP contribution in [0.5, 0.6) is 0 Å². The standard InChI is InChI=1S/C16H25N3O/c1-3-14(4-2)18-16(20)11-19-9-5-6-12-10-13(17)7-8-15(12)19/h7-8,10,14H,3-6,9,11,17H2,1-2H3,(H,18,20). The van der Waals surface area contributed by atoms with E-state index in [9.17, 15) is 4.79 Å². The van der Waals surface area contributed by atoms with Gasteiger partial charge in [0.1, 0.15) is 0 Å². The second-order valence-electron chi connectivity index (χ2n) is 5.49. The van der Waals surface area contributed by atoms with Crippen molar-refractivity contribution in [2.24, 2.45) is 0 Å². The molecule has 0 aromatic heterocycles. The molecule has 0 saturated heterocycles. The van der Waals surface area contributed by atoms with Crippen LogP contribution in [0.15, 0.2) is 18.2 Å². The SMILES string of the molecule is CCC(CC)NC(=O)CN1CCCc2cc(N)ccc21. The molecule has 110 valence electrons. The number of nitrogens with one attached hydrogen (secondary N) is 1. The van der Waals surface area contributed by atoms with Gasteiger partial charge < -0.3 is 16.0 Å². The van der Waals surface area contributed by atoms with Crippen LogP contribution in [0.3, 0.4) is 0 Å². The van der Waals surface area contributed by atoms with Gasteiger partial charge >= 0.3 is 0 Å². The lowest BCUT2D eigenvalue weighted by Gasteiger charge is -2.31. The molecule has 0 aliphatic carbocycles. The summed E-state index contributed by atoms with van der Waals surface area (Å²) in [6.07, 6.45) is 4.09. The van der Waals surface area contributed by atoms with E-state index in [1.165, 1.54) is 5.56 Å². The van der Waals surface area contributed by atoms with Crippen molar-refractivity contribution in [2.45, 2.75) is 45.6 Å². The van der Waals surface area contributed by atoms with E-state index >= 15 is 0 Å². The van der Waals surface area contributed by atoms with Gasteiger partial charge in [0.15, 0.2) is 0 Å². The molecule has 1 heterocycles. The minimum absolute atomic E-state index is 0.114. The number of carbonyl (C=O) groups is 1. The van der Waals surface area contributed by atoms with Crippen LogP contribution in [0, 0.1) is 0 Å². The summed E-state index contributed by atoms with van der Waals surface area (Å²) in [6.45, 7) is 5.58. The second kappa shape index (κ2) is 6.64. The molecule has 0 saturated carbocycles. The highest BCUT2D eigenvalue weighted by molar-refractivity contribution is 5.82. The highest BCUT2D eigenvalue weighted by Crippen LogP contribution is 2.28. The summed E-state index contributed by atoms with van der Waals surface area (Å²) in [7, 11) is 0. The number of nitrogens with zero attached hydrogens (tertiary/aromatic N) is 1. The van der Waals surface area contributed by atoms with Crippen LogP contribution >= 0.6 is 0 Å². The summed E-state index contributed by atoms with van der Waals surface area (Å²) >= 11 is 0. The lowest BCUT2D eigenvalue weighted by Crippen LogP contribution is -2.43. The molecular weight excluding hydrogens is 250 g/mol. The van der Waals surface area contributed by atoms with Crippen LogP contribution in [0.4, 0.5) is 11.4 Å². The van der Waals surface area contributed by atoms with Crippen molar-refractivity contribution < 1.29 is 4.79 Å². The Bertz CT molecular complexity index is 469. The summed E-state index contributed by atoms with van der Waals surface area (Å²) in [5.74, 6) is 0.114.